The predicted molar refractivity (Wildman–Crippen MR) is 109 cm³/mol. The van der Waals surface area contributed by atoms with Crippen molar-refractivity contribution < 1.29 is 4.79 Å². The second-order valence-electron chi connectivity index (χ2n) is 7.20. The quantitative estimate of drug-likeness (QED) is 0.633. The van der Waals surface area contributed by atoms with Crippen LogP contribution in [0.25, 0.3) is 0 Å². The standard InChI is InChI=1S/C21H33BrN2O/c22-20-15-11-10-12-18(20)16-17-23-21(25)24-19-13-8-6-4-2-1-3-5-7-9-14-19/h10-12,15,19H,1-9,13-14,16-17H2,(H2,23,24,25). The van der Waals surface area contributed by atoms with Gasteiger partial charge in [-0.25, -0.2) is 4.79 Å². The van der Waals surface area contributed by atoms with Crippen LogP contribution in [0.1, 0.15) is 76.2 Å². The Morgan fingerprint density at radius 1 is 0.920 bits per heavy atom. The molecule has 4 heteroatoms. The van der Waals surface area contributed by atoms with Crippen molar-refractivity contribution in [1.82, 2.24) is 10.6 Å². The van der Waals surface area contributed by atoms with Gasteiger partial charge in [0.15, 0.2) is 0 Å². The van der Waals surface area contributed by atoms with Crippen molar-refractivity contribution in [3.05, 3.63) is 34.3 Å². The van der Waals surface area contributed by atoms with Crippen molar-refractivity contribution in [2.24, 2.45) is 0 Å². The lowest BCUT2D eigenvalue weighted by atomic mass is 9.98. The lowest BCUT2D eigenvalue weighted by Gasteiger charge is -2.20. The minimum atomic E-state index is -0.0100. The molecule has 0 aromatic heterocycles. The summed E-state index contributed by atoms with van der Waals surface area (Å²) < 4.78 is 1.11. The first kappa shape index (κ1) is 20.3. The van der Waals surface area contributed by atoms with Gasteiger partial charge in [0, 0.05) is 17.1 Å². The number of amides is 2. The van der Waals surface area contributed by atoms with Crippen molar-refractivity contribution >= 4 is 22.0 Å². The van der Waals surface area contributed by atoms with Crippen LogP contribution in [0.15, 0.2) is 28.7 Å². The van der Waals surface area contributed by atoms with Gasteiger partial charge in [-0.1, -0.05) is 91.9 Å². The van der Waals surface area contributed by atoms with Gasteiger partial charge < -0.3 is 10.6 Å². The highest BCUT2D eigenvalue weighted by Crippen LogP contribution is 2.17. The summed E-state index contributed by atoms with van der Waals surface area (Å²) in [5.41, 5.74) is 1.23. The molecule has 2 amide bonds. The maximum Gasteiger partial charge on any atom is 0.315 e. The summed E-state index contributed by atoms with van der Waals surface area (Å²) in [5.74, 6) is 0. The molecule has 1 aliphatic carbocycles. The molecule has 0 atom stereocenters. The van der Waals surface area contributed by atoms with Crippen LogP contribution < -0.4 is 10.6 Å². The fourth-order valence-corrected chi connectivity index (χ4v) is 4.04. The second-order valence-corrected chi connectivity index (χ2v) is 8.05. The Balaban J connectivity index is 1.69. The SMILES string of the molecule is O=C(NCCc1ccccc1Br)NC1CCCCCCCCCCC1. The predicted octanol–water partition coefficient (Wildman–Crippen LogP) is 5.96. The molecule has 0 spiro atoms. The molecule has 140 valence electrons. The highest BCUT2D eigenvalue weighted by molar-refractivity contribution is 9.10. The topological polar surface area (TPSA) is 41.1 Å². The molecule has 1 aliphatic rings. The summed E-state index contributed by atoms with van der Waals surface area (Å²) in [6.07, 6.45) is 15.1. The molecule has 1 fully saturated rings. The van der Waals surface area contributed by atoms with Crippen LogP contribution in [0, 0.1) is 0 Å². The van der Waals surface area contributed by atoms with E-state index in [4.69, 9.17) is 0 Å². The Morgan fingerprint density at radius 3 is 2.08 bits per heavy atom. The van der Waals surface area contributed by atoms with E-state index in [1.54, 1.807) is 0 Å². The minimum absolute atomic E-state index is 0.0100. The van der Waals surface area contributed by atoms with Crippen LogP contribution in [0.5, 0.6) is 0 Å². The summed E-state index contributed by atoms with van der Waals surface area (Å²) in [7, 11) is 0. The van der Waals surface area contributed by atoms with Gasteiger partial charge in [-0.15, -0.1) is 0 Å². The molecule has 1 aromatic rings. The molecular weight excluding hydrogens is 376 g/mol. The Kier molecular flexibility index (Phi) is 10.0. The zero-order valence-electron chi connectivity index (χ0n) is 15.4. The van der Waals surface area contributed by atoms with Crippen LogP contribution in [-0.2, 0) is 6.42 Å². The third kappa shape index (κ3) is 8.75. The molecule has 1 aromatic carbocycles. The van der Waals surface area contributed by atoms with Crippen LogP contribution in [0.4, 0.5) is 4.79 Å². The van der Waals surface area contributed by atoms with Crippen molar-refractivity contribution in [2.45, 2.75) is 83.1 Å². The van der Waals surface area contributed by atoms with Crippen molar-refractivity contribution in [3.63, 3.8) is 0 Å². The van der Waals surface area contributed by atoms with E-state index in [2.05, 4.69) is 32.6 Å². The summed E-state index contributed by atoms with van der Waals surface area (Å²) in [4.78, 5) is 12.2. The zero-order chi connectivity index (χ0) is 17.7. The van der Waals surface area contributed by atoms with Crippen LogP contribution in [-0.4, -0.2) is 18.6 Å². The fraction of sp³-hybridized carbons (Fsp3) is 0.667. The van der Waals surface area contributed by atoms with Gasteiger partial charge in [-0.05, 0) is 30.9 Å². The molecule has 0 aliphatic heterocycles. The zero-order valence-corrected chi connectivity index (χ0v) is 17.0. The molecule has 3 nitrogen and oxygen atoms in total. The van der Waals surface area contributed by atoms with E-state index in [1.165, 1.54) is 63.4 Å². The Labute approximate surface area is 161 Å². The minimum Gasteiger partial charge on any atom is -0.338 e. The molecule has 25 heavy (non-hydrogen) atoms. The average Bonchev–Trinajstić information content (AvgIpc) is 2.59. The smallest absolute Gasteiger partial charge is 0.315 e. The van der Waals surface area contributed by atoms with Crippen molar-refractivity contribution in [3.8, 4) is 0 Å². The van der Waals surface area contributed by atoms with Gasteiger partial charge >= 0.3 is 6.03 Å². The molecule has 0 heterocycles. The van der Waals surface area contributed by atoms with Crippen LogP contribution in [0.3, 0.4) is 0 Å². The summed E-state index contributed by atoms with van der Waals surface area (Å²) in [6, 6.07) is 8.51. The number of benzene rings is 1. The van der Waals surface area contributed by atoms with E-state index in [0.717, 1.165) is 23.7 Å². The fourth-order valence-electron chi connectivity index (χ4n) is 3.56. The van der Waals surface area contributed by atoms with Gasteiger partial charge in [0.1, 0.15) is 0 Å². The Hall–Kier alpha value is -1.03. The maximum absolute atomic E-state index is 12.2. The second kappa shape index (κ2) is 12.3. The average molecular weight is 409 g/mol. The summed E-state index contributed by atoms with van der Waals surface area (Å²) in [5, 5.41) is 6.23. The third-order valence-electron chi connectivity index (χ3n) is 5.08. The first-order chi connectivity index (χ1) is 12.3. The molecule has 0 saturated heterocycles. The van der Waals surface area contributed by atoms with E-state index in [-0.39, 0.29) is 6.03 Å². The number of nitrogens with one attached hydrogen (secondary N) is 2. The van der Waals surface area contributed by atoms with E-state index >= 15 is 0 Å². The summed E-state index contributed by atoms with van der Waals surface area (Å²) in [6.45, 7) is 0.668. The number of carbonyl (C=O) groups excluding carboxylic acids is 1. The Bertz CT molecular complexity index is 494. The third-order valence-corrected chi connectivity index (χ3v) is 5.85. The first-order valence-electron chi connectivity index (χ1n) is 10.0. The number of hydrogen-bond acceptors (Lipinski definition) is 1. The van der Waals surface area contributed by atoms with E-state index in [1.807, 2.05) is 18.2 Å². The summed E-state index contributed by atoms with van der Waals surface area (Å²) >= 11 is 3.56. The van der Waals surface area contributed by atoms with E-state index in [9.17, 15) is 4.79 Å². The highest BCUT2D eigenvalue weighted by atomic mass is 79.9. The number of hydrogen-bond donors (Lipinski definition) is 2. The van der Waals surface area contributed by atoms with Gasteiger partial charge in [-0.3, -0.25) is 0 Å². The lowest BCUT2D eigenvalue weighted by molar-refractivity contribution is 0.234. The molecule has 1 saturated carbocycles. The normalized spacial score (nSPS) is 18.0. The van der Waals surface area contributed by atoms with Crippen molar-refractivity contribution in [1.29, 1.82) is 0 Å². The van der Waals surface area contributed by atoms with Gasteiger partial charge in [0.2, 0.25) is 0 Å². The Morgan fingerprint density at radius 2 is 1.48 bits per heavy atom. The number of rotatable bonds is 4. The van der Waals surface area contributed by atoms with Crippen LogP contribution in [0.2, 0.25) is 0 Å². The number of halogens is 1. The first-order valence-corrected chi connectivity index (χ1v) is 10.8. The van der Waals surface area contributed by atoms with Gasteiger partial charge in [-0.2, -0.15) is 0 Å². The highest BCUT2D eigenvalue weighted by Gasteiger charge is 2.12. The monoisotopic (exact) mass is 408 g/mol. The van der Waals surface area contributed by atoms with Crippen molar-refractivity contribution in [2.75, 3.05) is 6.54 Å². The lowest BCUT2D eigenvalue weighted by Crippen LogP contribution is -2.42. The van der Waals surface area contributed by atoms with Gasteiger partial charge in [0.05, 0.1) is 0 Å². The largest absolute Gasteiger partial charge is 0.338 e. The molecule has 0 bridgehead atoms. The van der Waals surface area contributed by atoms with Gasteiger partial charge in [0.25, 0.3) is 0 Å². The molecule has 2 rings (SSSR count). The molecular formula is C21H33BrN2O. The van der Waals surface area contributed by atoms with E-state index in [0.29, 0.717) is 12.6 Å². The van der Waals surface area contributed by atoms with Crippen LogP contribution >= 0.6 is 15.9 Å². The molecule has 0 radical (unpaired) electrons. The maximum atomic E-state index is 12.2. The molecule has 0 unspecified atom stereocenters. The molecule has 2 N–H and O–H groups in total. The van der Waals surface area contributed by atoms with E-state index < -0.39 is 0 Å². The number of carbonyl (C=O) groups is 1. The number of urea groups is 1.